The Balaban J connectivity index is 1.05. The Labute approximate surface area is 314 Å². The van der Waals surface area contributed by atoms with E-state index >= 15 is 0 Å². The number of benzene rings is 9. The molecule has 0 radical (unpaired) electrons. The molecule has 0 bridgehead atoms. The molecule has 0 fully saturated rings. The number of rotatable bonds is 7. The molecule has 0 N–H and O–H groups in total. The average Bonchev–Trinajstić information content (AvgIpc) is 3.70. The van der Waals surface area contributed by atoms with Crippen LogP contribution in [0.15, 0.2) is 211 Å². The third-order valence-electron chi connectivity index (χ3n) is 10.3. The Morgan fingerprint density at radius 1 is 0.370 bits per heavy atom. The molecule has 0 aliphatic rings. The number of nitrogens with zero attached hydrogens (tertiary/aromatic N) is 2. The van der Waals surface area contributed by atoms with Crippen molar-refractivity contribution in [1.82, 2.24) is 4.98 Å². The molecule has 0 amide bonds. The molecule has 9 aromatic carbocycles. The van der Waals surface area contributed by atoms with Crippen molar-refractivity contribution in [2.24, 2.45) is 0 Å². The van der Waals surface area contributed by atoms with Gasteiger partial charge in [0.1, 0.15) is 5.52 Å². The number of anilines is 3. The second-order valence-electron chi connectivity index (χ2n) is 13.6. The Kier molecular flexibility index (Phi) is 7.81. The van der Waals surface area contributed by atoms with Crippen LogP contribution in [0.4, 0.5) is 17.1 Å². The van der Waals surface area contributed by atoms with Gasteiger partial charge < -0.3 is 9.32 Å². The van der Waals surface area contributed by atoms with Crippen molar-refractivity contribution < 1.29 is 4.42 Å². The van der Waals surface area contributed by atoms with Crippen molar-refractivity contribution in [2.75, 3.05) is 4.90 Å². The normalized spacial score (nSPS) is 11.3. The summed E-state index contributed by atoms with van der Waals surface area (Å²) >= 11 is 0. The molecular weight excluding hydrogens is 657 g/mol. The Morgan fingerprint density at radius 3 is 1.67 bits per heavy atom. The van der Waals surface area contributed by atoms with Gasteiger partial charge >= 0.3 is 0 Å². The Bertz CT molecular complexity index is 2920. The van der Waals surface area contributed by atoms with Crippen LogP contribution in [0.25, 0.3) is 77.5 Å². The van der Waals surface area contributed by atoms with E-state index in [4.69, 9.17) is 9.40 Å². The van der Waals surface area contributed by atoms with E-state index in [9.17, 15) is 0 Å². The van der Waals surface area contributed by atoms with Gasteiger partial charge in [-0.15, -0.1) is 0 Å². The van der Waals surface area contributed by atoms with Crippen LogP contribution in [0, 0.1) is 0 Å². The largest absolute Gasteiger partial charge is 0.436 e. The summed E-state index contributed by atoms with van der Waals surface area (Å²) in [6.07, 6.45) is 0. The lowest BCUT2D eigenvalue weighted by Crippen LogP contribution is -2.11. The number of para-hydroxylation sites is 1. The van der Waals surface area contributed by atoms with Crippen LogP contribution in [-0.4, -0.2) is 4.98 Å². The van der Waals surface area contributed by atoms with Gasteiger partial charge in [-0.2, -0.15) is 0 Å². The molecule has 0 atom stereocenters. The van der Waals surface area contributed by atoms with Gasteiger partial charge in [-0.05, 0) is 105 Å². The molecule has 54 heavy (non-hydrogen) atoms. The maximum atomic E-state index is 6.20. The SMILES string of the molecule is c1ccc(-c2ccc(N(c3ccc4cc(-c5ccc6ccc7oc(-c8ccccc8)nc7c6c5)ccc4c3)c3ccccc3-c3ccccc3)cc2)cc1. The second kappa shape index (κ2) is 13.4. The van der Waals surface area contributed by atoms with Crippen LogP contribution in [0.1, 0.15) is 0 Å². The molecule has 1 aromatic heterocycles. The van der Waals surface area contributed by atoms with E-state index in [0.29, 0.717) is 5.89 Å². The Morgan fingerprint density at radius 2 is 0.907 bits per heavy atom. The molecular formula is C51H34N2O. The molecule has 10 rings (SSSR count). The average molecular weight is 691 g/mol. The quantitative estimate of drug-likeness (QED) is 0.167. The minimum Gasteiger partial charge on any atom is -0.436 e. The molecule has 10 aromatic rings. The number of hydrogen-bond donors (Lipinski definition) is 0. The van der Waals surface area contributed by atoms with Crippen molar-refractivity contribution >= 4 is 49.7 Å². The summed E-state index contributed by atoms with van der Waals surface area (Å²) in [4.78, 5) is 7.32. The zero-order valence-corrected chi connectivity index (χ0v) is 29.4. The molecule has 1 heterocycles. The summed E-state index contributed by atoms with van der Waals surface area (Å²) in [5.74, 6) is 0.637. The Hall–Kier alpha value is -7.23. The van der Waals surface area contributed by atoms with E-state index in [1.54, 1.807) is 0 Å². The van der Waals surface area contributed by atoms with Crippen molar-refractivity contribution in [3.63, 3.8) is 0 Å². The number of hydrogen-bond acceptors (Lipinski definition) is 3. The second-order valence-corrected chi connectivity index (χ2v) is 13.6. The molecule has 0 aliphatic heterocycles. The van der Waals surface area contributed by atoms with E-state index in [1.807, 2.05) is 36.4 Å². The van der Waals surface area contributed by atoms with Crippen LogP contribution in [0.3, 0.4) is 0 Å². The first-order valence-electron chi connectivity index (χ1n) is 18.3. The van der Waals surface area contributed by atoms with Crippen molar-refractivity contribution in [3.8, 4) is 44.8 Å². The fraction of sp³-hybridized carbons (Fsp3) is 0. The van der Waals surface area contributed by atoms with Crippen LogP contribution >= 0.6 is 0 Å². The highest BCUT2D eigenvalue weighted by Gasteiger charge is 2.18. The van der Waals surface area contributed by atoms with E-state index in [-0.39, 0.29) is 0 Å². The maximum Gasteiger partial charge on any atom is 0.227 e. The van der Waals surface area contributed by atoms with Gasteiger partial charge in [0.05, 0.1) is 5.69 Å². The molecule has 0 saturated heterocycles. The van der Waals surface area contributed by atoms with Crippen molar-refractivity contribution in [1.29, 1.82) is 0 Å². The summed E-state index contributed by atoms with van der Waals surface area (Å²) < 4.78 is 6.20. The zero-order valence-electron chi connectivity index (χ0n) is 29.4. The van der Waals surface area contributed by atoms with Crippen molar-refractivity contribution in [3.05, 3.63) is 206 Å². The topological polar surface area (TPSA) is 29.3 Å². The van der Waals surface area contributed by atoms with Gasteiger partial charge in [0.25, 0.3) is 0 Å². The predicted octanol–water partition coefficient (Wildman–Crippen LogP) is 14.3. The fourth-order valence-corrected chi connectivity index (χ4v) is 7.54. The molecule has 0 unspecified atom stereocenters. The lowest BCUT2D eigenvalue weighted by Gasteiger charge is -2.28. The molecule has 0 saturated carbocycles. The molecule has 0 aliphatic carbocycles. The summed E-state index contributed by atoms with van der Waals surface area (Å²) in [5, 5.41) is 4.57. The molecule has 0 spiro atoms. The van der Waals surface area contributed by atoms with Gasteiger partial charge in [0.2, 0.25) is 5.89 Å². The number of oxazole rings is 1. The third-order valence-corrected chi connectivity index (χ3v) is 10.3. The van der Waals surface area contributed by atoms with Crippen LogP contribution < -0.4 is 4.90 Å². The van der Waals surface area contributed by atoms with Crippen LogP contribution in [0.2, 0.25) is 0 Å². The minimum absolute atomic E-state index is 0.637. The van der Waals surface area contributed by atoms with Gasteiger partial charge in [0, 0.05) is 27.9 Å². The molecule has 3 heteroatoms. The van der Waals surface area contributed by atoms with E-state index < -0.39 is 0 Å². The fourth-order valence-electron chi connectivity index (χ4n) is 7.54. The summed E-state index contributed by atoms with van der Waals surface area (Å²) in [5.41, 5.74) is 13.0. The first-order valence-corrected chi connectivity index (χ1v) is 18.3. The van der Waals surface area contributed by atoms with Crippen LogP contribution in [0.5, 0.6) is 0 Å². The zero-order chi connectivity index (χ0) is 35.8. The van der Waals surface area contributed by atoms with Gasteiger partial charge in [-0.1, -0.05) is 146 Å². The maximum absolute atomic E-state index is 6.20. The standard InChI is InChI=1S/C51H34N2O/c1-4-12-35(13-5-1)36-24-28-44(29-25-36)53(48-19-11-10-18-46(48)37-14-6-2-7-15-37)45-30-26-41-32-40(22-23-42(41)33-45)43-21-20-38-27-31-49-50(47(38)34-43)52-51(54-49)39-16-8-3-9-17-39/h1-34H. The summed E-state index contributed by atoms with van der Waals surface area (Å²) in [6, 6.07) is 73.1. The molecule has 3 nitrogen and oxygen atoms in total. The van der Waals surface area contributed by atoms with Gasteiger partial charge in [-0.3, -0.25) is 0 Å². The van der Waals surface area contributed by atoms with E-state index in [2.05, 4.69) is 175 Å². The first-order chi connectivity index (χ1) is 26.7. The van der Waals surface area contributed by atoms with E-state index in [1.165, 1.54) is 33.0 Å². The third kappa shape index (κ3) is 5.78. The summed E-state index contributed by atoms with van der Waals surface area (Å²) in [7, 11) is 0. The van der Waals surface area contributed by atoms with Gasteiger partial charge in [-0.25, -0.2) is 4.98 Å². The van der Waals surface area contributed by atoms with Crippen LogP contribution in [-0.2, 0) is 0 Å². The number of aromatic nitrogens is 1. The lowest BCUT2D eigenvalue weighted by molar-refractivity contribution is 0.620. The monoisotopic (exact) mass is 690 g/mol. The lowest BCUT2D eigenvalue weighted by atomic mass is 9.97. The summed E-state index contributed by atoms with van der Waals surface area (Å²) in [6.45, 7) is 0. The molecule has 254 valence electrons. The minimum atomic E-state index is 0.637. The highest BCUT2D eigenvalue weighted by atomic mass is 16.3. The van der Waals surface area contributed by atoms with E-state index in [0.717, 1.165) is 55.6 Å². The highest BCUT2D eigenvalue weighted by molar-refractivity contribution is 6.06. The number of fused-ring (bicyclic) bond motifs is 4. The first kappa shape index (κ1) is 31.5. The highest BCUT2D eigenvalue weighted by Crippen LogP contribution is 2.42. The predicted molar refractivity (Wildman–Crippen MR) is 225 cm³/mol. The van der Waals surface area contributed by atoms with Crippen molar-refractivity contribution in [2.45, 2.75) is 0 Å². The van der Waals surface area contributed by atoms with Gasteiger partial charge in [0.15, 0.2) is 5.58 Å². The smallest absolute Gasteiger partial charge is 0.227 e.